The number of nitrogens with zero attached hydrogens (tertiary/aromatic N) is 3. The standard InChI is InChI=1S/C32H31FN4O3S/c1-18-10-11-23-26(14-18)36(32(40)25-8-5-9-28(34-25)37-17-22(38)15-20(37)3)13-12-21-16-27(41-30(21)23)31(39)35-29-19(2)6-4-7-24(29)33/h4-11,14,16,20,22,38H,12-13,15,17H2,1-3H3,(H,35,39)/t20-,22+/m0/s1. The first-order chi connectivity index (χ1) is 19.7. The molecule has 2 aliphatic heterocycles. The maximum absolute atomic E-state index is 14.4. The average molecular weight is 571 g/mol. The number of amides is 2. The number of hydrogen-bond acceptors (Lipinski definition) is 6. The largest absolute Gasteiger partial charge is 0.391 e. The Morgan fingerprint density at radius 3 is 2.66 bits per heavy atom. The van der Waals surface area contributed by atoms with Crippen LogP contribution in [0.5, 0.6) is 0 Å². The summed E-state index contributed by atoms with van der Waals surface area (Å²) in [5, 5.41) is 12.9. The third-order valence-corrected chi connectivity index (χ3v) is 9.04. The minimum Gasteiger partial charge on any atom is -0.391 e. The average Bonchev–Trinajstić information content (AvgIpc) is 3.49. The Morgan fingerprint density at radius 2 is 1.90 bits per heavy atom. The SMILES string of the molecule is Cc1ccc2c(c1)N(C(=O)c1cccc(N3C[C@H](O)C[C@@H]3C)n1)CCc1cc(C(=O)Nc3c(C)cccc3F)sc1-2. The predicted octanol–water partition coefficient (Wildman–Crippen LogP) is 5.98. The van der Waals surface area contributed by atoms with Gasteiger partial charge in [-0.1, -0.05) is 30.3 Å². The number of pyridine rings is 1. The zero-order chi connectivity index (χ0) is 28.8. The van der Waals surface area contributed by atoms with Crippen molar-refractivity contribution in [3.63, 3.8) is 0 Å². The fourth-order valence-electron chi connectivity index (χ4n) is 5.70. The van der Waals surface area contributed by atoms with Crippen LogP contribution in [0.15, 0.2) is 60.7 Å². The van der Waals surface area contributed by atoms with Crippen molar-refractivity contribution in [2.24, 2.45) is 0 Å². The highest BCUT2D eigenvalue weighted by molar-refractivity contribution is 7.17. The molecule has 4 aromatic rings. The van der Waals surface area contributed by atoms with Crippen molar-refractivity contribution in [2.45, 2.75) is 45.8 Å². The van der Waals surface area contributed by atoms with E-state index in [4.69, 9.17) is 4.98 Å². The van der Waals surface area contributed by atoms with Crippen molar-refractivity contribution in [1.29, 1.82) is 0 Å². The van der Waals surface area contributed by atoms with Gasteiger partial charge < -0.3 is 20.2 Å². The summed E-state index contributed by atoms with van der Waals surface area (Å²) in [6, 6.07) is 18.1. The van der Waals surface area contributed by atoms with Gasteiger partial charge in [0.2, 0.25) is 0 Å². The summed E-state index contributed by atoms with van der Waals surface area (Å²) in [5.74, 6) is -0.354. The number of hydrogen-bond donors (Lipinski definition) is 2. The first kappa shape index (κ1) is 27.1. The molecule has 210 valence electrons. The molecule has 0 radical (unpaired) electrons. The first-order valence-electron chi connectivity index (χ1n) is 13.7. The second-order valence-corrected chi connectivity index (χ2v) is 11.9. The Morgan fingerprint density at radius 1 is 1.10 bits per heavy atom. The Bertz CT molecular complexity index is 1650. The highest BCUT2D eigenvalue weighted by Gasteiger charge is 2.31. The number of nitrogens with one attached hydrogen (secondary N) is 1. The van der Waals surface area contributed by atoms with E-state index in [-0.39, 0.29) is 23.5 Å². The Kier molecular flexibility index (Phi) is 7.09. The van der Waals surface area contributed by atoms with Gasteiger partial charge in [-0.15, -0.1) is 11.3 Å². The molecule has 0 unspecified atom stereocenters. The molecular weight excluding hydrogens is 539 g/mol. The van der Waals surface area contributed by atoms with Crippen LogP contribution >= 0.6 is 11.3 Å². The fourth-order valence-corrected chi connectivity index (χ4v) is 6.84. The molecule has 2 amide bonds. The van der Waals surface area contributed by atoms with E-state index in [1.807, 2.05) is 55.1 Å². The number of aryl methyl sites for hydroxylation is 2. The van der Waals surface area contributed by atoms with Crippen molar-refractivity contribution in [3.05, 3.63) is 93.7 Å². The lowest BCUT2D eigenvalue weighted by Gasteiger charge is -2.25. The Labute approximate surface area is 242 Å². The molecule has 1 fully saturated rings. The molecule has 4 heterocycles. The third-order valence-electron chi connectivity index (χ3n) is 7.83. The number of anilines is 3. The first-order valence-corrected chi connectivity index (χ1v) is 14.5. The zero-order valence-electron chi connectivity index (χ0n) is 23.1. The molecule has 0 aliphatic carbocycles. The molecule has 2 N–H and O–H groups in total. The molecule has 0 spiro atoms. The van der Waals surface area contributed by atoms with Gasteiger partial charge in [-0.25, -0.2) is 9.37 Å². The monoisotopic (exact) mass is 570 g/mol. The Hall–Kier alpha value is -4.08. The minimum absolute atomic E-state index is 0.133. The lowest BCUT2D eigenvalue weighted by Crippen LogP contribution is -2.34. The minimum atomic E-state index is -0.473. The number of β-amino-alcohol motifs (C(OH)–C–C–N with tert-alkyl or cyclic N) is 1. The number of thiophene rings is 1. The molecular formula is C32H31FN4O3S. The van der Waals surface area contributed by atoms with E-state index < -0.39 is 11.9 Å². The molecule has 2 aromatic heterocycles. The van der Waals surface area contributed by atoms with Crippen LogP contribution in [0.4, 0.5) is 21.6 Å². The summed E-state index contributed by atoms with van der Waals surface area (Å²) in [5.41, 5.74) is 4.79. The molecule has 1 saturated heterocycles. The number of aliphatic hydroxyl groups excluding tert-OH is 1. The maximum Gasteiger partial charge on any atom is 0.276 e. The van der Waals surface area contributed by atoms with Crippen molar-refractivity contribution < 1.29 is 19.1 Å². The lowest BCUT2D eigenvalue weighted by molar-refractivity contribution is 0.0981. The van der Waals surface area contributed by atoms with Crippen LogP contribution in [0.25, 0.3) is 10.4 Å². The number of benzene rings is 2. The molecule has 9 heteroatoms. The Balaban J connectivity index is 1.32. The van der Waals surface area contributed by atoms with E-state index in [1.54, 1.807) is 30.0 Å². The van der Waals surface area contributed by atoms with E-state index in [1.165, 1.54) is 17.4 Å². The van der Waals surface area contributed by atoms with Gasteiger partial charge >= 0.3 is 0 Å². The van der Waals surface area contributed by atoms with Crippen LogP contribution < -0.4 is 15.1 Å². The van der Waals surface area contributed by atoms with Crippen molar-refractivity contribution in [2.75, 3.05) is 28.2 Å². The van der Waals surface area contributed by atoms with Crippen molar-refractivity contribution >= 4 is 40.3 Å². The fraction of sp³-hybridized carbons (Fsp3) is 0.281. The molecule has 2 atom stereocenters. The van der Waals surface area contributed by atoms with Gasteiger partial charge in [0.1, 0.15) is 17.3 Å². The normalized spacial score (nSPS) is 18.1. The summed E-state index contributed by atoms with van der Waals surface area (Å²) in [6.07, 6.45) is 0.807. The number of aliphatic hydroxyl groups is 1. The smallest absolute Gasteiger partial charge is 0.276 e. The van der Waals surface area contributed by atoms with Crippen LogP contribution in [0.2, 0.25) is 0 Å². The van der Waals surface area contributed by atoms with Crippen molar-refractivity contribution in [1.82, 2.24) is 4.98 Å². The third kappa shape index (κ3) is 5.11. The van der Waals surface area contributed by atoms with E-state index in [2.05, 4.69) is 5.32 Å². The number of halogens is 1. The summed E-state index contributed by atoms with van der Waals surface area (Å²) in [4.78, 5) is 37.1. The van der Waals surface area contributed by atoms with Gasteiger partial charge in [0.05, 0.1) is 22.4 Å². The summed E-state index contributed by atoms with van der Waals surface area (Å²) in [6.45, 7) is 6.69. The van der Waals surface area contributed by atoms with Gasteiger partial charge in [0, 0.05) is 29.6 Å². The maximum atomic E-state index is 14.4. The van der Waals surface area contributed by atoms with Crippen LogP contribution in [0, 0.1) is 19.7 Å². The number of para-hydroxylation sites is 1. The highest BCUT2D eigenvalue weighted by atomic mass is 32.1. The quantitative estimate of drug-likeness (QED) is 0.315. The number of fused-ring (bicyclic) bond motifs is 3. The molecule has 0 saturated carbocycles. The van der Waals surface area contributed by atoms with Crippen molar-refractivity contribution in [3.8, 4) is 10.4 Å². The number of carbonyl (C=O) groups excluding carboxylic acids is 2. The number of rotatable bonds is 4. The van der Waals surface area contributed by atoms with E-state index in [0.29, 0.717) is 47.9 Å². The van der Waals surface area contributed by atoms with Crippen LogP contribution in [-0.4, -0.2) is 47.1 Å². The second kappa shape index (κ2) is 10.7. The molecule has 6 rings (SSSR count). The molecule has 2 aromatic carbocycles. The van der Waals surface area contributed by atoms with E-state index in [0.717, 1.165) is 27.3 Å². The van der Waals surface area contributed by atoms with Crippen LogP contribution in [0.3, 0.4) is 0 Å². The van der Waals surface area contributed by atoms with E-state index in [9.17, 15) is 19.1 Å². The highest BCUT2D eigenvalue weighted by Crippen LogP contribution is 2.42. The van der Waals surface area contributed by atoms with Gasteiger partial charge in [0.15, 0.2) is 0 Å². The summed E-state index contributed by atoms with van der Waals surface area (Å²) in [7, 11) is 0. The summed E-state index contributed by atoms with van der Waals surface area (Å²) >= 11 is 1.35. The lowest BCUT2D eigenvalue weighted by atomic mass is 10.1. The molecule has 7 nitrogen and oxygen atoms in total. The van der Waals surface area contributed by atoms with Crippen LogP contribution in [0.1, 0.15) is 50.2 Å². The van der Waals surface area contributed by atoms with Gasteiger partial charge in [-0.2, -0.15) is 0 Å². The van der Waals surface area contributed by atoms with Gasteiger partial charge in [-0.05, 0) is 80.6 Å². The molecule has 41 heavy (non-hydrogen) atoms. The van der Waals surface area contributed by atoms with Crippen LogP contribution in [-0.2, 0) is 6.42 Å². The van der Waals surface area contributed by atoms with Gasteiger partial charge in [0.25, 0.3) is 11.8 Å². The molecule has 0 bridgehead atoms. The number of carbonyl (C=O) groups is 2. The summed E-state index contributed by atoms with van der Waals surface area (Å²) < 4.78 is 14.4. The topological polar surface area (TPSA) is 85.8 Å². The van der Waals surface area contributed by atoms with E-state index >= 15 is 0 Å². The zero-order valence-corrected chi connectivity index (χ0v) is 24.0. The number of aromatic nitrogens is 1. The predicted molar refractivity (Wildman–Crippen MR) is 161 cm³/mol. The van der Waals surface area contributed by atoms with Gasteiger partial charge in [-0.3, -0.25) is 9.59 Å². The second-order valence-electron chi connectivity index (χ2n) is 10.9. The molecule has 2 aliphatic rings.